The lowest BCUT2D eigenvalue weighted by molar-refractivity contribution is 0.0635. The lowest BCUT2D eigenvalue weighted by Crippen LogP contribution is -2.27. The number of fused-ring (bicyclic) bond motifs is 1. The van der Waals surface area contributed by atoms with Crippen LogP contribution in [0.25, 0.3) is 16.5 Å². The molecule has 1 atom stereocenters. The summed E-state index contributed by atoms with van der Waals surface area (Å²) in [6.07, 6.45) is 1.46. The van der Waals surface area contributed by atoms with Crippen LogP contribution in [0.1, 0.15) is 65.3 Å². The van der Waals surface area contributed by atoms with Crippen LogP contribution < -0.4 is 20.7 Å². The molecular weight excluding hydrogens is 604 g/mol. The van der Waals surface area contributed by atoms with Crippen LogP contribution in [-0.2, 0) is 16.6 Å². The summed E-state index contributed by atoms with van der Waals surface area (Å²) < 4.78 is 13.5. The second-order valence-corrected chi connectivity index (χ2v) is 14.0. The fourth-order valence-electron chi connectivity index (χ4n) is 5.14. The Kier molecular flexibility index (Phi) is 9.74. The average molecular weight is 649 g/mol. The summed E-state index contributed by atoms with van der Waals surface area (Å²) in [5.41, 5.74) is 3.64. The zero-order valence-corrected chi connectivity index (χ0v) is 28.8. The van der Waals surface area contributed by atoms with Crippen LogP contribution in [0.4, 0.5) is 26.9 Å². The molecule has 3 N–H and O–H groups in total. The number of ether oxygens (including phenoxy) is 2. The summed E-state index contributed by atoms with van der Waals surface area (Å²) >= 11 is 0. The molecule has 0 spiro atoms. The van der Waals surface area contributed by atoms with Gasteiger partial charge in [0.25, 0.3) is 0 Å². The van der Waals surface area contributed by atoms with Gasteiger partial charge in [-0.15, -0.1) is 0 Å². The highest BCUT2D eigenvalue weighted by Crippen LogP contribution is 2.33. The molecule has 0 aliphatic heterocycles. The monoisotopic (exact) mass is 648 g/mol. The molecule has 2 heterocycles. The van der Waals surface area contributed by atoms with E-state index in [9.17, 15) is 9.59 Å². The second kappa shape index (κ2) is 13.8. The van der Waals surface area contributed by atoms with E-state index in [0.717, 1.165) is 33.3 Å². The van der Waals surface area contributed by atoms with Crippen LogP contribution in [0.2, 0.25) is 0 Å². The van der Waals surface area contributed by atoms with Gasteiger partial charge in [0.05, 0.1) is 23.2 Å². The van der Waals surface area contributed by atoms with Gasteiger partial charge in [0, 0.05) is 34.9 Å². The molecule has 3 aromatic carbocycles. The molecule has 1 unspecified atom stereocenters. The summed E-state index contributed by atoms with van der Waals surface area (Å²) in [5, 5.41) is 15.2. The third kappa shape index (κ3) is 8.70. The topological polar surface area (TPSA) is 119 Å². The quantitative estimate of drug-likeness (QED) is 0.154. The zero-order chi connectivity index (χ0) is 34.6. The number of anilines is 3. The minimum atomic E-state index is -0.608. The van der Waals surface area contributed by atoms with Crippen molar-refractivity contribution < 1.29 is 19.1 Å². The SMILES string of the molecule is Cc1ccc(-n2nc(C(C)(C)C)cc2NC(=O)Nc2ccc(OC(C)Cc3ccnc(NC(=O)OC(C)(C)C)c3)c3ccccc23)cc1. The molecule has 48 heavy (non-hydrogen) atoms. The summed E-state index contributed by atoms with van der Waals surface area (Å²) in [6, 6.07) is 24.7. The number of benzene rings is 3. The number of hydrogen-bond acceptors (Lipinski definition) is 6. The van der Waals surface area contributed by atoms with Crippen LogP contribution in [-0.4, -0.2) is 38.6 Å². The van der Waals surface area contributed by atoms with Crippen molar-refractivity contribution >= 4 is 40.2 Å². The lowest BCUT2D eigenvalue weighted by Gasteiger charge is -2.20. The number of hydrogen-bond donors (Lipinski definition) is 3. The van der Waals surface area contributed by atoms with Crippen LogP contribution in [0.5, 0.6) is 5.75 Å². The molecule has 0 bridgehead atoms. The molecule has 0 saturated heterocycles. The number of urea groups is 1. The van der Waals surface area contributed by atoms with E-state index in [0.29, 0.717) is 29.5 Å². The van der Waals surface area contributed by atoms with Gasteiger partial charge in [-0.2, -0.15) is 5.10 Å². The Hall–Kier alpha value is -5.38. The van der Waals surface area contributed by atoms with E-state index in [2.05, 4.69) is 41.7 Å². The number of rotatable bonds is 8. The first-order valence-electron chi connectivity index (χ1n) is 16.0. The number of carbonyl (C=O) groups is 2. The Morgan fingerprint density at radius 3 is 2.25 bits per heavy atom. The van der Waals surface area contributed by atoms with E-state index in [-0.39, 0.29) is 17.6 Å². The molecule has 5 rings (SSSR count). The van der Waals surface area contributed by atoms with E-state index in [1.165, 1.54) is 0 Å². The number of nitrogens with one attached hydrogen (secondary N) is 3. The van der Waals surface area contributed by atoms with Crippen LogP contribution in [0.3, 0.4) is 0 Å². The summed E-state index contributed by atoms with van der Waals surface area (Å²) in [7, 11) is 0. The third-order valence-corrected chi connectivity index (χ3v) is 7.43. The Labute approximate surface area is 281 Å². The minimum absolute atomic E-state index is 0.202. The summed E-state index contributed by atoms with van der Waals surface area (Å²) in [6.45, 7) is 15.7. The first-order chi connectivity index (χ1) is 22.6. The maximum Gasteiger partial charge on any atom is 0.413 e. The maximum absolute atomic E-state index is 13.4. The van der Waals surface area contributed by atoms with Crippen LogP contribution in [0, 0.1) is 6.92 Å². The molecule has 3 amide bonds. The molecule has 0 radical (unpaired) electrons. The second-order valence-electron chi connectivity index (χ2n) is 14.0. The zero-order valence-electron chi connectivity index (χ0n) is 28.8. The standard InChI is InChI=1S/C38H44N6O4/c1-24-13-15-27(16-14-24)44-34(23-32(43-44)37(3,4)5)42-35(45)40-30-17-18-31(29-12-10-9-11-28(29)30)47-25(2)21-26-19-20-39-33(22-26)41-36(46)48-38(6,7)8/h9-20,22-23,25H,21H2,1-8H3,(H,39,41,46)(H2,40,42,45). The smallest absolute Gasteiger partial charge is 0.413 e. The van der Waals surface area contributed by atoms with Crippen molar-refractivity contribution in [3.8, 4) is 11.4 Å². The van der Waals surface area contributed by atoms with Crippen LogP contribution in [0.15, 0.2) is 85.1 Å². The van der Waals surface area contributed by atoms with Gasteiger partial charge in [-0.1, -0.05) is 62.7 Å². The van der Waals surface area contributed by atoms with Gasteiger partial charge >= 0.3 is 12.1 Å². The van der Waals surface area contributed by atoms with E-state index in [4.69, 9.17) is 14.6 Å². The highest BCUT2D eigenvalue weighted by Gasteiger charge is 2.22. The molecule has 10 heteroatoms. The predicted molar refractivity (Wildman–Crippen MR) is 191 cm³/mol. The van der Waals surface area contributed by atoms with Crippen molar-refractivity contribution in [1.82, 2.24) is 14.8 Å². The number of pyridine rings is 1. The van der Waals surface area contributed by atoms with Gasteiger partial charge in [-0.25, -0.2) is 19.3 Å². The normalized spacial score (nSPS) is 12.3. The van der Waals surface area contributed by atoms with Gasteiger partial charge < -0.3 is 14.8 Å². The largest absolute Gasteiger partial charge is 0.490 e. The summed E-state index contributed by atoms with van der Waals surface area (Å²) in [5.74, 6) is 1.67. The molecule has 0 aliphatic rings. The minimum Gasteiger partial charge on any atom is -0.490 e. The van der Waals surface area contributed by atoms with Crippen molar-refractivity contribution in [2.45, 2.75) is 78.9 Å². The van der Waals surface area contributed by atoms with Crippen molar-refractivity contribution in [3.63, 3.8) is 0 Å². The Morgan fingerprint density at radius 2 is 1.56 bits per heavy atom. The fraction of sp³-hybridized carbons (Fsp3) is 0.316. The lowest BCUT2D eigenvalue weighted by atomic mass is 9.92. The van der Waals surface area contributed by atoms with Gasteiger partial charge in [-0.05, 0) is 76.6 Å². The molecule has 0 aliphatic carbocycles. The van der Waals surface area contributed by atoms with Crippen molar-refractivity contribution in [3.05, 3.63) is 102 Å². The van der Waals surface area contributed by atoms with E-state index in [1.807, 2.05) is 113 Å². The molecule has 5 aromatic rings. The molecule has 250 valence electrons. The Morgan fingerprint density at radius 1 is 0.854 bits per heavy atom. The van der Waals surface area contributed by atoms with Crippen LogP contribution >= 0.6 is 0 Å². The van der Waals surface area contributed by atoms with Gasteiger partial charge in [0.2, 0.25) is 0 Å². The van der Waals surface area contributed by atoms with E-state index < -0.39 is 11.7 Å². The van der Waals surface area contributed by atoms with Crippen molar-refractivity contribution in [1.29, 1.82) is 0 Å². The molecule has 2 aromatic heterocycles. The Balaban J connectivity index is 1.30. The highest BCUT2D eigenvalue weighted by atomic mass is 16.6. The predicted octanol–water partition coefficient (Wildman–Crippen LogP) is 9.03. The molecule has 0 saturated carbocycles. The molecule has 0 fully saturated rings. The molecule has 10 nitrogen and oxygen atoms in total. The fourth-order valence-corrected chi connectivity index (χ4v) is 5.14. The van der Waals surface area contributed by atoms with Crippen molar-refractivity contribution in [2.75, 3.05) is 16.0 Å². The molecular formula is C38H44N6O4. The number of amides is 3. The maximum atomic E-state index is 13.4. The van der Waals surface area contributed by atoms with Gasteiger partial charge in [0.15, 0.2) is 0 Å². The number of nitrogens with zero attached hydrogens (tertiary/aromatic N) is 3. The third-order valence-electron chi connectivity index (χ3n) is 7.43. The van der Waals surface area contributed by atoms with Gasteiger partial charge in [-0.3, -0.25) is 10.6 Å². The first-order valence-corrected chi connectivity index (χ1v) is 16.0. The first kappa shape index (κ1) is 34.0. The average Bonchev–Trinajstić information content (AvgIpc) is 3.42. The van der Waals surface area contributed by atoms with Gasteiger partial charge in [0.1, 0.15) is 23.0 Å². The van der Waals surface area contributed by atoms with Crippen molar-refractivity contribution in [2.24, 2.45) is 0 Å². The number of aromatic nitrogens is 3. The highest BCUT2D eigenvalue weighted by molar-refractivity contribution is 6.07. The van der Waals surface area contributed by atoms with E-state index >= 15 is 0 Å². The van der Waals surface area contributed by atoms with E-state index in [1.54, 1.807) is 10.9 Å². The summed E-state index contributed by atoms with van der Waals surface area (Å²) in [4.78, 5) is 29.9. The number of carbonyl (C=O) groups excluding carboxylic acids is 2. The number of aryl methyl sites for hydroxylation is 1. The Bertz CT molecular complexity index is 1920.